The van der Waals surface area contributed by atoms with Crippen molar-refractivity contribution in [2.45, 2.75) is 25.8 Å². The van der Waals surface area contributed by atoms with Crippen LogP contribution < -0.4 is 16.5 Å². The standard InChI is InChI=1S/C21H19N3O3/c1-12-9-14-3-2-4-16-19(14)24(12)11-17(20(16)26)21(27)23-15-7-5-13(6-8-15)10-18(22)25/h2-8,11-12H,9-10H2,1H3,(H2,22,25)(H,23,27)/t12-/m0/s1. The fourth-order valence-electron chi connectivity index (χ4n) is 3.68. The predicted octanol–water partition coefficient (Wildman–Crippen LogP) is 2.40. The number of carbonyl (C=O) groups excluding carboxylic acids is 2. The zero-order valence-electron chi connectivity index (χ0n) is 14.9. The van der Waals surface area contributed by atoms with E-state index in [2.05, 4.69) is 12.2 Å². The molecular formula is C21H19N3O3. The molecule has 3 N–H and O–H groups in total. The molecule has 0 bridgehead atoms. The molecule has 2 heterocycles. The van der Waals surface area contributed by atoms with E-state index in [-0.39, 0.29) is 23.5 Å². The number of hydrogen-bond donors (Lipinski definition) is 2. The summed E-state index contributed by atoms with van der Waals surface area (Å²) in [6.07, 6.45) is 2.65. The van der Waals surface area contributed by atoms with E-state index in [4.69, 9.17) is 5.73 Å². The number of anilines is 1. The summed E-state index contributed by atoms with van der Waals surface area (Å²) in [6.45, 7) is 2.07. The van der Waals surface area contributed by atoms with Crippen LogP contribution in [0.1, 0.15) is 34.5 Å². The first-order valence-corrected chi connectivity index (χ1v) is 8.79. The van der Waals surface area contributed by atoms with E-state index in [0.717, 1.165) is 23.1 Å². The molecule has 136 valence electrons. The molecule has 1 atom stereocenters. The van der Waals surface area contributed by atoms with Crippen LogP contribution in [0.3, 0.4) is 0 Å². The monoisotopic (exact) mass is 361 g/mol. The van der Waals surface area contributed by atoms with Crippen LogP contribution in [-0.2, 0) is 17.6 Å². The summed E-state index contributed by atoms with van der Waals surface area (Å²) in [7, 11) is 0. The van der Waals surface area contributed by atoms with Gasteiger partial charge in [-0.15, -0.1) is 0 Å². The van der Waals surface area contributed by atoms with Crippen molar-refractivity contribution in [1.82, 2.24) is 4.57 Å². The van der Waals surface area contributed by atoms with Crippen molar-refractivity contribution >= 4 is 28.4 Å². The van der Waals surface area contributed by atoms with Crippen LogP contribution in [-0.4, -0.2) is 16.4 Å². The minimum Gasteiger partial charge on any atom is -0.369 e. The minimum atomic E-state index is -0.446. The van der Waals surface area contributed by atoms with Crippen molar-refractivity contribution in [3.05, 3.63) is 75.6 Å². The van der Waals surface area contributed by atoms with E-state index in [9.17, 15) is 14.4 Å². The molecule has 1 aliphatic rings. The quantitative estimate of drug-likeness (QED) is 0.747. The highest BCUT2D eigenvalue weighted by molar-refractivity contribution is 6.06. The van der Waals surface area contributed by atoms with Crippen LogP contribution in [0.2, 0.25) is 0 Å². The molecule has 27 heavy (non-hydrogen) atoms. The molecule has 6 heteroatoms. The number of carbonyl (C=O) groups is 2. The highest BCUT2D eigenvalue weighted by Crippen LogP contribution is 2.30. The maximum atomic E-state index is 12.8. The maximum Gasteiger partial charge on any atom is 0.261 e. The highest BCUT2D eigenvalue weighted by Gasteiger charge is 2.24. The molecule has 0 fully saturated rings. The predicted molar refractivity (Wildman–Crippen MR) is 104 cm³/mol. The number of nitrogens with zero attached hydrogens (tertiary/aromatic N) is 1. The number of pyridine rings is 1. The fraction of sp³-hybridized carbons (Fsp3) is 0.190. The third kappa shape index (κ3) is 2.99. The Morgan fingerprint density at radius 2 is 1.93 bits per heavy atom. The Bertz CT molecular complexity index is 1130. The van der Waals surface area contributed by atoms with Gasteiger partial charge in [-0.25, -0.2) is 0 Å². The number of hydrogen-bond acceptors (Lipinski definition) is 3. The summed E-state index contributed by atoms with van der Waals surface area (Å²) in [5, 5.41) is 3.33. The summed E-state index contributed by atoms with van der Waals surface area (Å²) >= 11 is 0. The van der Waals surface area contributed by atoms with Gasteiger partial charge in [0.15, 0.2) is 0 Å². The second-order valence-corrected chi connectivity index (χ2v) is 6.94. The summed E-state index contributed by atoms with van der Waals surface area (Å²) in [6, 6.07) is 12.7. The third-order valence-electron chi connectivity index (χ3n) is 4.96. The van der Waals surface area contributed by atoms with Gasteiger partial charge < -0.3 is 15.6 Å². The molecule has 0 saturated heterocycles. The SMILES string of the molecule is C[C@H]1Cc2cccc3c(=O)c(C(=O)Nc4ccc(CC(N)=O)cc4)cn1c23. The molecule has 2 amide bonds. The van der Waals surface area contributed by atoms with Gasteiger partial charge in [0.1, 0.15) is 5.56 Å². The summed E-state index contributed by atoms with van der Waals surface area (Å²) in [4.78, 5) is 36.6. The van der Waals surface area contributed by atoms with Gasteiger partial charge in [0.2, 0.25) is 11.3 Å². The summed E-state index contributed by atoms with van der Waals surface area (Å²) in [5.41, 5.74) is 8.40. The van der Waals surface area contributed by atoms with Gasteiger partial charge in [0.25, 0.3) is 5.91 Å². The van der Waals surface area contributed by atoms with Crippen molar-refractivity contribution in [2.24, 2.45) is 5.73 Å². The topological polar surface area (TPSA) is 94.2 Å². The van der Waals surface area contributed by atoms with Crippen LogP contribution >= 0.6 is 0 Å². The van der Waals surface area contributed by atoms with Gasteiger partial charge in [-0.2, -0.15) is 0 Å². The number of primary amides is 1. The molecule has 0 spiro atoms. The lowest BCUT2D eigenvalue weighted by molar-refractivity contribution is -0.117. The van der Waals surface area contributed by atoms with Crippen LogP contribution in [0.25, 0.3) is 10.9 Å². The lowest BCUT2D eigenvalue weighted by atomic mass is 10.1. The Labute approximate surface area is 155 Å². The van der Waals surface area contributed by atoms with Crippen LogP contribution in [0.15, 0.2) is 53.5 Å². The summed E-state index contributed by atoms with van der Waals surface area (Å²) in [5.74, 6) is -0.861. The second-order valence-electron chi connectivity index (χ2n) is 6.94. The van der Waals surface area contributed by atoms with E-state index in [1.54, 1.807) is 36.5 Å². The first-order valence-electron chi connectivity index (χ1n) is 8.79. The molecule has 3 aromatic rings. The zero-order chi connectivity index (χ0) is 19.1. The van der Waals surface area contributed by atoms with Crippen molar-refractivity contribution in [1.29, 1.82) is 0 Å². The van der Waals surface area contributed by atoms with Gasteiger partial charge in [0, 0.05) is 23.3 Å². The van der Waals surface area contributed by atoms with E-state index >= 15 is 0 Å². The van der Waals surface area contributed by atoms with E-state index in [1.165, 1.54) is 0 Å². The maximum absolute atomic E-state index is 12.8. The molecule has 0 aliphatic carbocycles. The van der Waals surface area contributed by atoms with Crippen molar-refractivity contribution in [3.8, 4) is 0 Å². The Morgan fingerprint density at radius 3 is 2.63 bits per heavy atom. The van der Waals surface area contributed by atoms with E-state index < -0.39 is 11.8 Å². The third-order valence-corrected chi connectivity index (χ3v) is 4.96. The van der Waals surface area contributed by atoms with Crippen molar-refractivity contribution < 1.29 is 9.59 Å². The molecule has 0 radical (unpaired) electrons. The van der Waals surface area contributed by atoms with Gasteiger partial charge in [-0.05, 0) is 42.7 Å². The van der Waals surface area contributed by atoms with Gasteiger partial charge in [0.05, 0.1) is 11.9 Å². The number of para-hydroxylation sites is 1. The number of nitrogens with one attached hydrogen (secondary N) is 1. The number of nitrogens with two attached hydrogens (primary N) is 1. The van der Waals surface area contributed by atoms with Gasteiger partial charge in [-0.3, -0.25) is 14.4 Å². The lowest BCUT2D eigenvalue weighted by Gasteiger charge is -2.13. The molecule has 0 unspecified atom stereocenters. The lowest BCUT2D eigenvalue weighted by Crippen LogP contribution is -2.23. The first-order chi connectivity index (χ1) is 12.9. The molecular weight excluding hydrogens is 342 g/mol. The van der Waals surface area contributed by atoms with Crippen molar-refractivity contribution in [3.63, 3.8) is 0 Å². The second kappa shape index (κ2) is 6.39. The Hall–Kier alpha value is -3.41. The van der Waals surface area contributed by atoms with Crippen LogP contribution in [0, 0.1) is 0 Å². The average Bonchev–Trinajstić information content (AvgIpc) is 2.95. The molecule has 6 nitrogen and oxygen atoms in total. The normalized spacial score (nSPS) is 15.1. The van der Waals surface area contributed by atoms with Gasteiger partial charge >= 0.3 is 0 Å². The molecule has 0 saturated carbocycles. The molecule has 4 rings (SSSR count). The van der Waals surface area contributed by atoms with Crippen LogP contribution in [0.5, 0.6) is 0 Å². The number of amides is 2. The molecule has 2 aromatic carbocycles. The Kier molecular flexibility index (Phi) is 4.03. The van der Waals surface area contributed by atoms with E-state index in [1.807, 2.05) is 16.7 Å². The average molecular weight is 361 g/mol. The summed E-state index contributed by atoms with van der Waals surface area (Å²) < 4.78 is 2.01. The largest absolute Gasteiger partial charge is 0.369 e. The molecule has 1 aliphatic heterocycles. The van der Waals surface area contributed by atoms with Crippen molar-refractivity contribution in [2.75, 3.05) is 5.32 Å². The number of rotatable bonds is 4. The highest BCUT2D eigenvalue weighted by atomic mass is 16.2. The van der Waals surface area contributed by atoms with Crippen LogP contribution in [0.4, 0.5) is 5.69 Å². The number of aromatic nitrogens is 1. The van der Waals surface area contributed by atoms with Gasteiger partial charge in [-0.1, -0.05) is 24.3 Å². The Balaban J connectivity index is 1.67. The minimum absolute atomic E-state index is 0.120. The van der Waals surface area contributed by atoms with E-state index in [0.29, 0.717) is 11.1 Å². The smallest absolute Gasteiger partial charge is 0.261 e. The zero-order valence-corrected chi connectivity index (χ0v) is 14.9. The first kappa shape index (κ1) is 17.0. The Morgan fingerprint density at radius 1 is 1.19 bits per heavy atom. The number of benzene rings is 2. The fourth-order valence-corrected chi connectivity index (χ4v) is 3.68. The molecule has 1 aromatic heterocycles.